The number of pyridine rings is 1. The number of aryl methyl sites for hydroxylation is 2. The van der Waals surface area contributed by atoms with E-state index in [9.17, 15) is 9.59 Å². The van der Waals surface area contributed by atoms with Gasteiger partial charge >= 0.3 is 0 Å². The maximum atomic E-state index is 11.2. The van der Waals surface area contributed by atoms with Crippen molar-refractivity contribution in [1.29, 1.82) is 0 Å². The van der Waals surface area contributed by atoms with Crippen molar-refractivity contribution in [3.05, 3.63) is 52.4 Å². The van der Waals surface area contributed by atoms with Crippen molar-refractivity contribution >= 4 is 18.3 Å². The Morgan fingerprint density at radius 2 is 1.73 bits per heavy atom. The van der Waals surface area contributed by atoms with E-state index in [0.29, 0.717) is 29.2 Å². The third kappa shape index (κ3) is 2.18. The minimum absolute atomic E-state index is 0.0738. The molecule has 6 heteroatoms. The number of aldehydes is 2. The molecule has 1 unspecified atom stereocenters. The second kappa shape index (κ2) is 5.76. The summed E-state index contributed by atoms with van der Waals surface area (Å²) in [5, 5.41) is 0. The van der Waals surface area contributed by atoms with Gasteiger partial charge in [0.15, 0.2) is 12.6 Å². The summed E-state index contributed by atoms with van der Waals surface area (Å²) in [6.45, 7) is 0. The Morgan fingerprint density at radius 1 is 0.923 bits per heavy atom. The minimum Gasteiger partial charge on any atom is -0.296 e. The molecule has 3 aliphatic rings. The lowest BCUT2D eigenvalue weighted by molar-refractivity contribution is -0.105. The molecule has 3 heterocycles. The Balaban J connectivity index is 1.79. The third-order valence-electron chi connectivity index (χ3n) is 5.28. The molecule has 6 nitrogen and oxygen atoms in total. The van der Waals surface area contributed by atoms with E-state index in [1.807, 2.05) is 12.1 Å². The van der Waals surface area contributed by atoms with E-state index in [4.69, 9.17) is 9.97 Å². The van der Waals surface area contributed by atoms with E-state index in [1.54, 1.807) is 6.07 Å². The lowest BCUT2D eigenvalue weighted by Crippen LogP contribution is -2.27. The molecule has 0 amide bonds. The van der Waals surface area contributed by atoms with Crippen LogP contribution < -0.4 is 0 Å². The molecule has 0 radical (unpaired) electrons. The van der Waals surface area contributed by atoms with Gasteiger partial charge in [0.25, 0.3) is 0 Å². The molecule has 2 aromatic heterocycles. The van der Waals surface area contributed by atoms with Gasteiger partial charge in [-0.25, -0.2) is 15.0 Å². The Morgan fingerprint density at radius 3 is 2.50 bits per heavy atom. The molecule has 0 saturated carbocycles. The van der Waals surface area contributed by atoms with Crippen molar-refractivity contribution in [2.24, 2.45) is 4.99 Å². The lowest BCUT2D eigenvalue weighted by atomic mass is 9.81. The van der Waals surface area contributed by atoms with Crippen LogP contribution in [-0.4, -0.2) is 33.2 Å². The van der Waals surface area contributed by atoms with Crippen LogP contribution in [0.2, 0.25) is 0 Å². The summed E-state index contributed by atoms with van der Waals surface area (Å²) in [6.07, 6.45) is 8.13. The zero-order valence-electron chi connectivity index (χ0n) is 14.1. The molecule has 128 valence electrons. The van der Waals surface area contributed by atoms with Gasteiger partial charge in [-0.05, 0) is 44.2 Å². The SMILES string of the molecule is O=CC1=CCC2C(=N1)c1nc(C=O)ccc1-c1nc3c(nc12)CCCC3. The number of rotatable bonds is 2. The van der Waals surface area contributed by atoms with Crippen LogP contribution in [0.25, 0.3) is 11.3 Å². The fourth-order valence-electron chi connectivity index (χ4n) is 4.02. The van der Waals surface area contributed by atoms with Crippen molar-refractivity contribution in [1.82, 2.24) is 15.0 Å². The zero-order valence-corrected chi connectivity index (χ0v) is 14.1. The molecule has 2 aliphatic carbocycles. The predicted molar refractivity (Wildman–Crippen MR) is 95.3 cm³/mol. The smallest absolute Gasteiger partial charge is 0.168 e. The number of aliphatic imine (C=N–C) groups is 1. The normalized spacial score (nSPS) is 19.9. The zero-order chi connectivity index (χ0) is 17.7. The third-order valence-corrected chi connectivity index (χ3v) is 5.28. The summed E-state index contributed by atoms with van der Waals surface area (Å²) in [5.41, 5.74) is 6.86. The molecule has 0 bridgehead atoms. The number of nitrogens with zero attached hydrogens (tertiary/aromatic N) is 4. The molecular weight excluding hydrogens is 328 g/mol. The van der Waals surface area contributed by atoms with Crippen LogP contribution in [-0.2, 0) is 17.6 Å². The minimum atomic E-state index is -0.0738. The fraction of sp³-hybridized carbons (Fsp3) is 0.300. The quantitative estimate of drug-likeness (QED) is 0.782. The molecule has 0 saturated heterocycles. The predicted octanol–water partition coefficient (Wildman–Crippen LogP) is 2.60. The van der Waals surface area contributed by atoms with Crippen molar-refractivity contribution in [2.45, 2.75) is 38.0 Å². The molecule has 0 N–H and O–H groups in total. The number of hydrogen-bond donors (Lipinski definition) is 0. The molecule has 26 heavy (non-hydrogen) atoms. The van der Waals surface area contributed by atoms with E-state index in [0.717, 1.165) is 66.6 Å². The molecule has 0 fully saturated rings. The van der Waals surface area contributed by atoms with Crippen LogP contribution in [0.5, 0.6) is 0 Å². The van der Waals surface area contributed by atoms with Crippen LogP contribution in [0.3, 0.4) is 0 Å². The highest BCUT2D eigenvalue weighted by molar-refractivity contribution is 6.13. The van der Waals surface area contributed by atoms with Crippen molar-refractivity contribution in [3.8, 4) is 11.3 Å². The summed E-state index contributed by atoms with van der Waals surface area (Å²) in [4.78, 5) is 41.4. The van der Waals surface area contributed by atoms with Gasteiger partial charge in [0, 0.05) is 5.56 Å². The summed E-state index contributed by atoms with van der Waals surface area (Å²) in [6, 6.07) is 3.56. The Bertz CT molecular complexity index is 1020. The lowest BCUT2D eigenvalue weighted by Gasteiger charge is -2.30. The monoisotopic (exact) mass is 344 g/mol. The van der Waals surface area contributed by atoms with Gasteiger partial charge in [0.1, 0.15) is 5.69 Å². The number of fused-ring (bicyclic) bond motifs is 7. The van der Waals surface area contributed by atoms with E-state index in [1.165, 1.54) is 0 Å². The highest BCUT2D eigenvalue weighted by Gasteiger charge is 2.36. The van der Waals surface area contributed by atoms with Crippen LogP contribution in [0, 0.1) is 0 Å². The van der Waals surface area contributed by atoms with Gasteiger partial charge in [-0.2, -0.15) is 0 Å². The first-order valence-electron chi connectivity index (χ1n) is 8.89. The second-order valence-electron chi connectivity index (χ2n) is 6.84. The summed E-state index contributed by atoms with van der Waals surface area (Å²) in [5.74, 6) is -0.0738. The standard InChI is InChI=1S/C20H16N4O2/c25-9-11-5-7-13-17(21-11)18-14(8-6-12(10-26)22-18)20-19(13)23-15-3-1-2-4-16(15)24-20/h5-7,9-10,14H,1-4,8H2. The van der Waals surface area contributed by atoms with Crippen LogP contribution >= 0.6 is 0 Å². The molecular formula is C20H16N4O2. The van der Waals surface area contributed by atoms with Crippen molar-refractivity contribution in [2.75, 3.05) is 0 Å². The number of carbonyl (C=O) groups excluding carboxylic acids is 2. The first-order valence-corrected chi connectivity index (χ1v) is 8.89. The topological polar surface area (TPSA) is 85.2 Å². The van der Waals surface area contributed by atoms with E-state index >= 15 is 0 Å². The second-order valence-corrected chi connectivity index (χ2v) is 6.84. The molecule has 5 rings (SSSR count). The highest BCUT2D eigenvalue weighted by Crippen LogP contribution is 2.42. The average Bonchev–Trinajstić information content (AvgIpc) is 2.71. The van der Waals surface area contributed by atoms with Gasteiger partial charge in [-0.1, -0.05) is 6.08 Å². The van der Waals surface area contributed by atoms with Crippen molar-refractivity contribution < 1.29 is 9.59 Å². The van der Waals surface area contributed by atoms with Gasteiger partial charge in [0.2, 0.25) is 0 Å². The number of hydrogen-bond acceptors (Lipinski definition) is 6. The first-order chi connectivity index (χ1) is 12.8. The molecule has 1 aliphatic heterocycles. The van der Waals surface area contributed by atoms with Crippen LogP contribution in [0.1, 0.15) is 58.4 Å². The van der Waals surface area contributed by atoms with E-state index in [2.05, 4.69) is 9.98 Å². The van der Waals surface area contributed by atoms with Crippen LogP contribution in [0.15, 0.2) is 28.9 Å². The van der Waals surface area contributed by atoms with Gasteiger partial charge < -0.3 is 0 Å². The number of carbonyl (C=O) groups is 2. The summed E-state index contributed by atoms with van der Waals surface area (Å²) >= 11 is 0. The van der Waals surface area contributed by atoms with E-state index in [-0.39, 0.29) is 5.92 Å². The first kappa shape index (κ1) is 15.3. The van der Waals surface area contributed by atoms with Crippen LogP contribution in [0.4, 0.5) is 0 Å². The van der Waals surface area contributed by atoms with E-state index < -0.39 is 0 Å². The largest absolute Gasteiger partial charge is 0.296 e. The molecule has 1 atom stereocenters. The van der Waals surface area contributed by atoms with Crippen molar-refractivity contribution in [3.63, 3.8) is 0 Å². The van der Waals surface area contributed by atoms with Gasteiger partial charge in [0.05, 0.1) is 45.8 Å². The summed E-state index contributed by atoms with van der Waals surface area (Å²) in [7, 11) is 0. The molecule has 2 aromatic rings. The average molecular weight is 344 g/mol. The summed E-state index contributed by atoms with van der Waals surface area (Å²) < 4.78 is 0. The maximum absolute atomic E-state index is 11.2. The molecule has 0 spiro atoms. The Kier molecular flexibility index (Phi) is 3.38. The Labute approximate surface area is 150 Å². The van der Waals surface area contributed by atoms with Gasteiger partial charge in [-0.3, -0.25) is 14.6 Å². The fourth-order valence-corrected chi connectivity index (χ4v) is 4.02. The Hall–Kier alpha value is -3.02. The number of allylic oxidation sites excluding steroid dienone is 2. The highest BCUT2D eigenvalue weighted by atomic mass is 16.1. The van der Waals surface area contributed by atoms with Gasteiger partial charge in [-0.15, -0.1) is 0 Å². The maximum Gasteiger partial charge on any atom is 0.168 e. The molecule has 0 aromatic carbocycles. The number of aromatic nitrogens is 3.